The Bertz CT molecular complexity index is 699. The first-order chi connectivity index (χ1) is 9.51. The molecule has 1 N–H and O–H groups in total. The molecule has 0 saturated heterocycles. The number of nitro benzene ring substituents is 1. The normalized spacial score (nSPS) is 10.1. The van der Waals surface area contributed by atoms with Gasteiger partial charge < -0.3 is 5.32 Å². The maximum atomic E-state index is 10.7. The first-order valence-corrected chi connectivity index (χ1v) is 5.93. The maximum Gasteiger partial charge on any atom is 0.287 e. The van der Waals surface area contributed by atoms with E-state index in [9.17, 15) is 10.1 Å². The zero-order chi connectivity index (χ0) is 14.7. The van der Waals surface area contributed by atoms with Crippen LogP contribution in [0.15, 0.2) is 24.4 Å². The van der Waals surface area contributed by atoms with Gasteiger partial charge in [-0.2, -0.15) is 10.4 Å². The lowest BCUT2D eigenvalue weighted by atomic mass is 10.1. The molecule has 2 aromatic rings. The Balaban J connectivity index is 2.17. The molecule has 0 amide bonds. The first kappa shape index (κ1) is 13.5. The van der Waals surface area contributed by atoms with Gasteiger partial charge in [-0.25, -0.2) is 0 Å². The molecule has 0 aliphatic rings. The van der Waals surface area contributed by atoms with Crippen LogP contribution in [0, 0.1) is 28.4 Å². The van der Waals surface area contributed by atoms with E-state index in [1.54, 1.807) is 10.7 Å². The number of aryl methyl sites for hydroxylation is 2. The molecule has 1 aromatic heterocycles. The molecule has 1 heterocycles. The number of anilines is 1. The van der Waals surface area contributed by atoms with Crippen LogP contribution < -0.4 is 5.32 Å². The number of hydrogen-bond donors (Lipinski definition) is 1. The van der Waals surface area contributed by atoms with Crippen LogP contribution in [0.4, 0.5) is 11.4 Å². The standard InChI is InChI=1S/C13H13N5O2/c1-9-11(8-17(2)16-9)7-15-12-3-4-13(18(19)20)10(5-12)6-14/h3-5,8,15H,7H2,1-2H3. The number of hydrogen-bond acceptors (Lipinski definition) is 5. The van der Waals surface area contributed by atoms with Crippen LogP contribution >= 0.6 is 0 Å². The molecule has 0 saturated carbocycles. The molecule has 0 aliphatic heterocycles. The van der Waals surface area contributed by atoms with E-state index in [4.69, 9.17) is 5.26 Å². The Morgan fingerprint density at radius 1 is 1.55 bits per heavy atom. The van der Waals surface area contributed by atoms with Gasteiger partial charge >= 0.3 is 0 Å². The van der Waals surface area contributed by atoms with Crippen LogP contribution in [0.5, 0.6) is 0 Å². The van der Waals surface area contributed by atoms with Crippen molar-refractivity contribution in [2.45, 2.75) is 13.5 Å². The number of benzene rings is 1. The summed E-state index contributed by atoms with van der Waals surface area (Å²) in [6.45, 7) is 2.45. The predicted octanol–water partition coefficient (Wildman–Crippen LogP) is 2.12. The van der Waals surface area contributed by atoms with Gasteiger partial charge in [0.15, 0.2) is 0 Å². The van der Waals surface area contributed by atoms with Gasteiger partial charge in [-0.15, -0.1) is 0 Å². The lowest BCUT2D eigenvalue weighted by Gasteiger charge is -2.06. The monoisotopic (exact) mass is 271 g/mol. The summed E-state index contributed by atoms with van der Waals surface area (Å²) in [5, 5.41) is 27.0. The third kappa shape index (κ3) is 2.75. The molecule has 7 heteroatoms. The van der Waals surface area contributed by atoms with Gasteiger partial charge in [0.1, 0.15) is 11.6 Å². The van der Waals surface area contributed by atoms with Crippen molar-refractivity contribution in [3.63, 3.8) is 0 Å². The van der Waals surface area contributed by atoms with E-state index in [0.29, 0.717) is 12.2 Å². The van der Waals surface area contributed by atoms with Crippen LogP contribution in [0.2, 0.25) is 0 Å². The summed E-state index contributed by atoms with van der Waals surface area (Å²) < 4.78 is 1.73. The first-order valence-electron chi connectivity index (χ1n) is 5.93. The Hall–Kier alpha value is -2.88. The fourth-order valence-corrected chi connectivity index (χ4v) is 1.91. The van der Waals surface area contributed by atoms with Crippen molar-refractivity contribution in [3.8, 4) is 6.07 Å². The third-order valence-corrected chi connectivity index (χ3v) is 2.91. The zero-order valence-electron chi connectivity index (χ0n) is 11.1. The van der Waals surface area contributed by atoms with Gasteiger partial charge in [0.2, 0.25) is 0 Å². The minimum absolute atomic E-state index is 0.0444. The van der Waals surface area contributed by atoms with E-state index in [1.165, 1.54) is 12.1 Å². The fourth-order valence-electron chi connectivity index (χ4n) is 1.91. The fraction of sp³-hybridized carbons (Fsp3) is 0.231. The van der Waals surface area contributed by atoms with Gasteiger partial charge in [-0.1, -0.05) is 0 Å². The number of nitrogens with zero attached hydrogens (tertiary/aromatic N) is 4. The van der Waals surface area contributed by atoms with Gasteiger partial charge in [0, 0.05) is 37.1 Å². The second-order valence-corrected chi connectivity index (χ2v) is 4.37. The van der Waals surface area contributed by atoms with Crippen molar-refractivity contribution in [1.29, 1.82) is 5.26 Å². The molecule has 0 aliphatic carbocycles. The van der Waals surface area contributed by atoms with Gasteiger partial charge in [-0.05, 0) is 19.1 Å². The molecule has 7 nitrogen and oxygen atoms in total. The van der Waals surface area contributed by atoms with E-state index >= 15 is 0 Å². The van der Waals surface area contributed by atoms with Crippen LogP contribution in [0.3, 0.4) is 0 Å². The highest BCUT2D eigenvalue weighted by Crippen LogP contribution is 2.22. The molecule has 2 rings (SSSR count). The molecule has 0 bridgehead atoms. The molecule has 0 unspecified atom stereocenters. The number of nitro groups is 1. The zero-order valence-corrected chi connectivity index (χ0v) is 11.1. The van der Waals surface area contributed by atoms with Crippen molar-refractivity contribution in [3.05, 3.63) is 51.3 Å². The number of rotatable bonds is 4. The van der Waals surface area contributed by atoms with Crippen LogP contribution in [0.1, 0.15) is 16.8 Å². The summed E-state index contributed by atoms with van der Waals surface area (Å²) >= 11 is 0. The highest BCUT2D eigenvalue weighted by atomic mass is 16.6. The summed E-state index contributed by atoms with van der Waals surface area (Å²) in [4.78, 5) is 10.2. The van der Waals surface area contributed by atoms with Crippen molar-refractivity contribution in [1.82, 2.24) is 9.78 Å². The van der Waals surface area contributed by atoms with E-state index in [1.807, 2.05) is 26.2 Å². The van der Waals surface area contributed by atoms with Crippen molar-refractivity contribution in [2.75, 3.05) is 5.32 Å². The van der Waals surface area contributed by atoms with E-state index in [2.05, 4.69) is 10.4 Å². The van der Waals surface area contributed by atoms with Gasteiger partial charge in [-0.3, -0.25) is 14.8 Å². The molecule has 20 heavy (non-hydrogen) atoms. The van der Waals surface area contributed by atoms with E-state index < -0.39 is 4.92 Å². The minimum Gasteiger partial charge on any atom is -0.381 e. The summed E-state index contributed by atoms with van der Waals surface area (Å²) in [7, 11) is 1.84. The molecule has 0 spiro atoms. The Morgan fingerprint density at radius 2 is 2.30 bits per heavy atom. The lowest BCUT2D eigenvalue weighted by molar-refractivity contribution is -0.385. The summed E-state index contributed by atoms with van der Waals surface area (Å²) in [6.07, 6.45) is 1.90. The topological polar surface area (TPSA) is 96.8 Å². The van der Waals surface area contributed by atoms with E-state index in [0.717, 1.165) is 11.3 Å². The predicted molar refractivity (Wildman–Crippen MR) is 73.1 cm³/mol. The molecular formula is C13H13N5O2. The quantitative estimate of drug-likeness (QED) is 0.678. The lowest BCUT2D eigenvalue weighted by Crippen LogP contribution is -2.01. The van der Waals surface area contributed by atoms with Crippen LogP contribution in [-0.2, 0) is 13.6 Å². The highest BCUT2D eigenvalue weighted by Gasteiger charge is 2.13. The van der Waals surface area contributed by atoms with E-state index in [-0.39, 0.29) is 11.3 Å². The largest absolute Gasteiger partial charge is 0.381 e. The molecular weight excluding hydrogens is 258 g/mol. The van der Waals surface area contributed by atoms with Crippen molar-refractivity contribution >= 4 is 11.4 Å². The summed E-state index contributed by atoms with van der Waals surface area (Å²) in [5.41, 5.74) is 2.47. The van der Waals surface area contributed by atoms with Crippen molar-refractivity contribution < 1.29 is 4.92 Å². The third-order valence-electron chi connectivity index (χ3n) is 2.91. The minimum atomic E-state index is -0.562. The number of nitriles is 1. The van der Waals surface area contributed by atoms with Gasteiger partial charge in [0.05, 0.1) is 10.6 Å². The van der Waals surface area contributed by atoms with Crippen LogP contribution in [0.25, 0.3) is 0 Å². The highest BCUT2D eigenvalue weighted by molar-refractivity contribution is 5.58. The Kier molecular flexibility index (Phi) is 3.66. The molecule has 0 fully saturated rings. The maximum absolute atomic E-state index is 10.7. The summed E-state index contributed by atoms with van der Waals surface area (Å²) in [5.74, 6) is 0. The molecule has 102 valence electrons. The van der Waals surface area contributed by atoms with Crippen LogP contribution in [-0.4, -0.2) is 14.7 Å². The average Bonchev–Trinajstić information content (AvgIpc) is 2.74. The SMILES string of the molecule is Cc1nn(C)cc1CNc1ccc([N+](=O)[O-])c(C#N)c1. The molecule has 1 aromatic carbocycles. The average molecular weight is 271 g/mol. The number of nitrogens with one attached hydrogen (secondary N) is 1. The second-order valence-electron chi connectivity index (χ2n) is 4.37. The Labute approximate surface area is 115 Å². The smallest absolute Gasteiger partial charge is 0.287 e. The van der Waals surface area contributed by atoms with Crippen molar-refractivity contribution in [2.24, 2.45) is 7.05 Å². The Morgan fingerprint density at radius 3 is 2.85 bits per heavy atom. The summed E-state index contributed by atoms with van der Waals surface area (Å²) in [6, 6.07) is 6.23. The molecule has 0 atom stereocenters. The molecule has 0 radical (unpaired) electrons. The number of aromatic nitrogens is 2. The second kappa shape index (κ2) is 5.40. The van der Waals surface area contributed by atoms with Gasteiger partial charge in [0.25, 0.3) is 5.69 Å².